The maximum absolute atomic E-state index is 4.33. The van der Waals surface area contributed by atoms with Crippen molar-refractivity contribution < 1.29 is 0 Å². The van der Waals surface area contributed by atoms with E-state index in [1.807, 2.05) is 17.2 Å². The van der Waals surface area contributed by atoms with Crippen LogP contribution in [-0.4, -0.2) is 9.91 Å². The van der Waals surface area contributed by atoms with Crippen LogP contribution in [0.1, 0.15) is 0 Å². The molecule has 1 heterocycles. The highest BCUT2D eigenvalue weighted by atomic mass is 127. The Hall–Kier alpha value is -1.16. The number of fused-ring (bicyclic) bond motifs is 3. The predicted molar refractivity (Wildman–Crippen MR) is 79.2 cm³/mol. The summed E-state index contributed by atoms with van der Waals surface area (Å²) in [5.74, 6) is 0. The van der Waals surface area contributed by atoms with Gasteiger partial charge in [0, 0.05) is 11.6 Å². The van der Waals surface area contributed by atoms with E-state index in [9.17, 15) is 0 Å². The molecule has 2 aromatic carbocycles. The van der Waals surface area contributed by atoms with Crippen molar-refractivity contribution in [1.29, 1.82) is 0 Å². The molecule has 1 nitrogen and oxygen atoms in total. The molecule has 0 radical (unpaired) electrons. The van der Waals surface area contributed by atoms with Crippen LogP contribution in [0.5, 0.6) is 0 Å². The van der Waals surface area contributed by atoms with Gasteiger partial charge in [0.25, 0.3) is 0 Å². The average molecular weight is 321 g/mol. The summed E-state index contributed by atoms with van der Waals surface area (Å²) in [7, 11) is 0. The van der Waals surface area contributed by atoms with Crippen molar-refractivity contribution in [1.82, 2.24) is 4.98 Å². The first-order chi connectivity index (χ1) is 7.95. The Morgan fingerprint density at radius 1 is 0.812 bits per heavy atom. The molecule has 0 aliphatic heterocycles. The van der Waals surface area contributed by atoms with E-state index in [2.05, 4.69) is 70.0 Å². The molecule has 0 atom stereocenters. The van der Waals surface area contributed by atoms with E-state index in [1.54, 1.807) is 0 Å². The molecular weight excluding hydrogens is 309 g/mol. The van der Waals surface area contributed by atoms with Crippen LogP contribution in [-0.2, 0) is 0 Å². The maximum Gasteiger partial charge on any atom is 0.0708 e. The van der Waals surface area contributed by atoms with E-state index in [0.717, 1.165) is 5.52 Å². The van der Waals surface area contributed by atoms with E-state index in [1.165, 1.54) is 16.2 Å². The molecule has 0 unspecified atom stereocenters. The topological polar surface area (TPSA) is 12.9 Å². The zero-order valence-electron chi connectivity index (χ0n) is 9.02. The summed E-state index contributed by atoms with van der Waals surface area (Å²) < 4.78 is 0. The van der Waals surface area contributed by atoms with Crippen LogP contribution in [0.3, 0.4) is 0 Å². The molecule has 0 N–H and O–H groups in total. The maximum atomic E-state index is 4.33. The molecule has 0 spiro atoms. The minimum Gasteiger partial charge on any atom is -0.256 e. The largest absolute Gasteiger partial charge is 0.256 e. The summed E-state index contributed by atoms with van der Waals surface area (Å²) in [5, 5.41) is 3.77. The lowest BCUT2D eigenvalue weighted by atomic mass is 10.1. The van der Waals surface area contributed by atoms with Crippen molar-refractivity contribution in [3.63, 3.8) is 0 Å². The van der Waals surface area contributed by atoms with Crippen molar-refractivity contribution in [3.8, 4) is 0 Å². The summed E-state index contributed by atoms with van der Waals surface area (Å²) in [6, 6.07) is 16.7. The number of aromatic nitrogens is 1. The lowest BCUT2D eigenvalue weighted by Crippen LogP contribution is -1.79. The normalized spacial score (nSPS) is 9.88. The van der Waals surface area contributed by atoms with E-state index in [4.69, 9.17) is 0 Å². The number of rotatable bonds is 0. The zero-order valence-corrected chi connectivity index (χ0v) is 11.2. The number of hydrogen-bond acceptors (Lipinski definition) is 1. The van der Waals surface area contributed by atoms with Gasteiger partial charge in [-0.25, -0.2) is 0 Å². The van der Waals surface area contributed by atoms with Gasteiger partial charge in [-0.3, -0.25) is 4.98 Å². The smallest absolute Gasteiger partial charge is 0.0708 e. The predicted octanol–water partition coefficient (Wildman–Crippen LogP) is 4.44. The van der Waals surface area contributed by atoms with E-state index < -0.39 is 0 Å². The molecule has 0 fully saturated rings. The Bertz CT molecular complexity index is 550. The van der Waals surface area contributed by atoms with Crippen LogP contribution < -0.4 is 0 Å². The van der Waals surface area contributed by atoms with Crippen molar-refractivity contribution in [2.24, 2.45) is 0 Å². The summed E-state index contributed by atoms with van der Waals surface area (Å²) in [4.78, 5) is 6.30. The zero-order chi connectivity index (χ0) is 11.4. The fourth-order valence-electron chi connectivity index (χ4n) is 1.83. The van der Waals surface area contributed by atoms with E-state index in [-0.39, 0.29) is 0 Å². The van der Waals surface area contributed by atoms with Crippen molar-refractivity contribution in [2.45, 2.75) is 0 Å². The number of nitrogens with zero attached hydrogens (tertiary/aromatic N) is 1. The van der Waals surface area contributed by atoms with Gasteiger partial charge in [0.1, 0.15) is 0 Å². The first-order valence-electron chi connectivity index (χ1n) is 5.05. The van der Waals surface area contributed by atoms with Crippen LogP contribution in [0.25, 0.3) is 21.7 Å². The minimum atomic E-state index is 1.06. The number of hydrogen-bond donors (Lipinski definition) is 0. The third-order valence-corrected chi connectivity index (χ3v) is 2.51. The summed E-state index contributed by atoms with van der Waals surface area (Å²) in [6.45, 7) is 0. The lowest BCUT2D eigenvalue weighted by molar-refractivity contribution is 1.42. The van der Waals surface area contributed by atoms with Gasteiger partial charge in [-0.05, 0) is 27.8 Å². The molecule has 0 aliphatic carbocycles. The highest BCUT2D eigenvalue weighted by Gasteiger charge is 1.98. The molecule has 2 heteroatoms. The van der Waals surface area contributed by atoms with Crippen LogP contribution in [0.4, 0.5) is 0 Å². The number of alkyl halides is 1. The molecule has 0 aliphatic rings. The average Bonchev–Trinajstić information content (AvgIpc) is 2.41. The Balaban J connectivity index is 0.000000457. The molecule has 3 rings (SSSR count). The molecule has 16 heavy (non-hydrogen) atoms. The third-order valence-electron chi connectivity index (χ3n) is 2.51. The van der Waals surface area contributed by atoms with Gasteiger partial charge in [0.05, 0.1) is 5.52 Å². The second kappa shape index (κ2) is 5.25. The monoisotopic (exact) mass is 321 g/mol. The first-order valence-corrected chi connectivity index (χ1v) is 7.21. The molecule has 0 saturated heterocycles. The second-order valence-electron chi connectivity index (χ2n) is 3.36. The van der Waals surface area contributed by atoms with Gasteiger partial charge >= 0.3 is 0 Å². The minimum absolute atomic E-state index is 1.06. The fourth-order valence-corrected chi connectivity index (χ4v) is 1.83. The molecule has 80 valence electrons. The third kappa shape index (κ3) is 2.02. The standard InChI is InChI=1S/C13H9N.CH3I/c1-2-5-11-10(4-1)7-8-13-12(11)6-3-9-14-13;1-2/h1-9H;1H3. The summed E-state index contributed by atoms with van der Waals surface area (Å²) in [5.41, 5.74) is 1.06. The Kier molecular flexibility index (Phi) is 3.72. The van der Waals surface area contributed by atoms with Crippen molar-refractivity contribution in [2.75, 3.05) is 4.93 Å². The van der Waals surface area contributed by atoms with Gasteiger partial charge < -0.3 is 0 Å². The van der Waals surface area contributed by atoms with Crippen LogP contribution in [0.15, 0.2) is 54.7 Å². The summed E-state index contributed by atoms with van der Waals surface area (Å²) >= 11 is 2.15. The highest BCUT2D eigenvalue weighted by Crippen LogP contribution is 2.22. The first kappa shape index (κ1) is 11.3. The molecule has 0 saturated carbocycles. The number of pyridine rings is 1. The molecule has 3 aromatic rings. The quantitative estimate of drug-likeness (QED) is 0.339. The summed E-state index contributed by atoms with van der Waals surface area (Å²) in [6.07, 6.45) is 1.83. The number of benzene rings is 2. The van der Waals surface area contributed by atoms with Gasteiger partial charge in [-0.1, -0.05) is 59.0 Å². The van der Waals surface area contributed by atoms with E-state index >= 15 is 0 Å². The fraction of sp³-hybridized carbons (Fsp3) is 0.0714. The van der Waals surface area contributed by atoms with Crippen LogP contribution in [0.2, 0.25) is 0 Å². The Labute approximate surface area is 109 Å². The van der Waals surface area contributed by atoms with E-state index in [0.29, 0.717) is 0 Å². The van der Waals surface area contributed by atoms with Crippen LogP contribution in [0, 0.1) is 0 Å². The Morgan fingerprint density at radius 2 is 1.56 bits per heavy atom. The highest BCUT2D eigenvalue weighted by molar-refractivity contribution is 14.1. The molecule has 0 amide bonds. The molecule has 0 bridgehead atoms. The Morgan fingerprint density at radius 3 is 2.44 bits per heavy atom. The van der Waals surface area contributed by atoms with Crippen molar-refractivity contribution in [3.05, 3.63) is 54.7 Å². The lowest BCUT2D eigenvalue weighted by Gasteiger charge is -2.01. The molecule has 1 aromatic heterocycles. The van der Waals surface area contributed by atoms with Gasteiger partial charge in [-0.2, -0.15) is 0 Å². The number of halogens is 1. The van der Waals surface area contributed by atoms with Gasteiger partial charge in [0.15, 0.2) is 0 Å². The SMILES string of the molecule is CI.c1ccc2c(c1)ccc1ncccc12. The molecular formula is C14H12IN. The van der Waals surface area contributed by atoms with Gasteiger partial charge in [0.2, 0.25) is 0 Å². The van der Waals surface area contributed by atoms with Crippen LogP contribution >= 0.6 is 22.6 Å². The second-order valence-corrected chi connectivity index (χ2v) is 3.36. The van der Waals surface area contributed by atoms with Crippen molar-refractivity contribution >= 4 is 44.3 Å². The van der Waals surface area contributed by atoms with Gasteiger partial charge in [-0.15, -0.1) is 0 Å².